The van der Waals surface area contributed by atoms with Gasteiger partial charge in [-0.25, -0.2) is 0 Å². The quantitative estimate of drug-likeness (QED) is 0.764. The summed E-state index contributed by atoms with van der Waals surface area (Å²) in [5.41, 5.74) is 1.75. The van der Waals surface area contributed by atoms with E-state index >= 15 is 0 Å². The second kappa shape index (κ2) is 9.65. The number of carbonyl (C=O) groups is 2. The SMILES string of the molecule is O=C(NCC1CCN(C(=O)CCc2cccc(Br)c2)CC1)c1cccnc1. The first-order valence-corrected chi connectivity index (χ1v) is 10.1. The van der Waals surface area contributed by atoms with E-state index in [9.17, 15) is 9.59 Å². The number of aromatic nitrogens is 1. The van der Waals surface area contributed by atoms with E-state index in [1.54, 1.807) is 24.5 Å². The van der Waals surface area contributed by atoms with Crippen LogP contribution in [-0.4, -0.2) is 41.3 Å². The number of hydrogen-bond donors (Lipinski definition) is 1. The van der Waals surface area contributed by atoms with Crippen molar-refractivity contribution in [1.29, 1.82) is 0 Å². The predicted octanol–water partition coefficient (Wildman–Crippen LogP) is 3.45. The molecule has 2 heterocycles. The van der Waals surface area contributed by atoms with Gasteiger partial charge >= 0.3 is 0 Å². The molecule has 0 unspecified atom stereocenters. The summed E-state index contributed by atoms with van der Waals surface area (Å²) in [6.07, 6.45) is 6.38. The zero-order chi connectivity index (χ0) is 19.1. The van der Waals surface area contributed by atoms with Gasteiger partial charge in [-0.2, -0.15) is 0 Å². The molecule has 1 aromatic carbocycles. The highest BCUT2D eigenvalue weighted by molar-refractivity contribution is 9.10. The van der Waals surface area contributed by atoms with E-state index in [0.29, 0.717) is 24.4 Å². The number of rotatable bonds is 6. The lowest BCUT2D eigenvalue weighted by Crippen LogP contribution is -2.41. The van der Waals surface area contributed by atoms with Crippen LogP contribution in [0.3, 0.4) is 0 Å². The van der Waals surface area contributed by atoms with E-state index in [4.69, 9.17) is 0 Å². The van der Waals surface area contributed by atoms with Crippen LogP contribution < -0.4 is 5.32 Å². The second-order valence-corrected chi connectivity index (χ2v) is 7.82. The molecule has 6 heteroatoms. The van der Waals surface area contributed by atoms with Gasteiger partial charge in [0.1, 0.15) is 0 Å². The van der Waals surface area contributed by atoms with Gasteiger partial charge in [-0.05, 0) is 55.0 Å². The summed E-state index contributed by atoms with van der Waals surface area (Å²) in [6, 6.07) is 11.6. The fourth-order valence-electron chi connectivity index (χ4n) is 3.32. The van der Waals surface area contributed by atoms with Gasteiger partial charge in [0.25, 0.3) is 5.91 Å². The molecule has 0 radical (unpaired) electrons. The summed E-state index contributed by atoms with van der Waals surface area (Å²) in [7, 11) is 0. The van der Waals surface area contributed by atoms with E-state index in [0.717, 1.165) is 36.8 Å². The molecule has 0 spiro atoms. The van der Waals surface area contributed by atoms with Crippen LogP contribution in [0, 0.1) is 5.92 Å². The monoisotopic (exact) mass is 429 g/mol. The molecule has 27 heavy (non-hydrogen) atoms. The number of likely N-dealkylation sites (tertiary alicyclic amines) is 1. The maximum Gasteiger partial charge on any atom is 0.252 e. The second-order valence-electron chi connectivity index (χ2n) is 6.91. The Labute approximate surface area is 168 Å². The molecule has 1 aromatic heterocycles. The minimum Gasteiger partial charge on any atom is -0.352 e. The van der Waals surface area contributed by atoms with Crippen molar-refractivity contribution in [2.24, 2.45) is 5.92 Å². The summed E-state index contributed by atoms with van der Waals surface area (Å²) < 4.78 is 1.04. The van der Waals surface area contributed by atoms with Crippen molar-refractivity contribution in [3.63, 3.8) is 0 Å². The molecule has 5 nitrogen and oxygen atoms in total. The number of aryl methyl sites for hydroxylation is 1. The van der Waals surface area contributed by atoms with Crippen LogP contribution >= 0.6 is 15.9 Å². The molecule has 0 atom stereocenters. The van der Waals surface area contributed by atoms with Crippen LogP contribution in [0.2, 0.25) is 0 Å². The Morgan fingerprint density at radius 1 is 1.19 bits per heavy atom. The van der Waals surface area contributed by atoms with Gasteiger partial charge < -0.3 is 10.2 Å². The summed E-state index contributed by atoms with van der Waals surface area (Å²) in [5, 5.41) is 2.98. The summed E-state index contributed by atoms with van der Waals surface area (Å²) in [5.74, 6) is 0.545. The van der Waals surface area contributed by atoms with Crippen molar-refractivity contribution in [3.8, 4) is 0 Å². The van der Waals surface area contributed by atoms with Crippen molar-refractivity contribution < 1.29 is 9.59 Å². The number of amides is 2. The topological polar surface area (TPSA) is 62.3 Å². The van der Waals surface area contributed by atoms with Crippen LogP contribution in [-0.2, 0) is 11.2 Å². The molecular formula is C21H24BrN3O2. The predicted molar refractivity (Wildman–Crippen MR) is 108 cm³/mol. The van der Waals surface area contributed by atoms with Crippen molar-refractivity contribution in [2.75, 3.05) is 19.6 Å². The highest BCUT2D eigenvalue weighted by atomic mass is 79.9. The Kier molecular flexibility index (Phi) is 6.98. The van der Waals surface area contributed by atoms with Gasteiger partial charge in [0.05, 0.1) is 5.56 Å². The van der Waals surface area contributed by atoms with E-state index in [1.807, 2.05) is 17.0 Å². The number of benzene rings is 1. The maximum absolute atomic E-state index is 12.5. The lowest BCUT2D eigenvalue weighted by molar-refractivity contribution is -0.132. The number of nitrogens with one attached hydrogen (secondary N) is 1. The van der Waals surface area contributed by atoms with Gasteiger partial charge in [0.2, 0.25) is 5.91 Å². The van der Waals surface area contributed by atoms with Gasteiger partial charge in [0, 0.05) is 42.9 Å². The van der Waals surface area contributed by atoms with E-state index < -0.39 is 0 Å². The molecular weight excluding hydrogens is 406 g/mol. The lowest BCUT2D eigenvalue weighted by atomic mass is 9.96. The number of piperidine rings is 1. The van der Waals surface area contributed by atoms with Crippen LogP contribution in [0.15, 0.2) is 53.3 Å². The Hall–Kier alpha value is -2.21. The Morgan fingerprint density at radius 3 is 2.70 bits per heavy atom. The average Bonchev–Trinajstić information content (AvgIpc) is 2.71. The zero-order valence-corrected chi connectivity index (χ0v) is 16.8. The normalized spacial score (nSPS) is 14.8. The third-order valence-electron chi connectivity index (χ3n) is 4.96. The number of hydrogen-bond acceptors (Lipinski definition) is 3. The Morgan fingerprint density at radius 2 is 2.00 bits per heavy atom. The standard InChI is InChI=1S/C21H24BrN3O2/c22-19-5-1-3-16(13-19)6-7-20(26)25-11-8-17(9-12-25)14-24-21(27)18-4-2-10-23-15-18/h1-5,10,13,15,17H,6-9,11-12,14H2,(H,24,27). The molecule has 0 aliphatic carbocycles. The molecule has 1 aliphatic rings. The van der Waals surface area contributed by atoms with E-state index in [-0.39, 0.29) is 11.8 Å². The van der Waals surface area contributed by atoms with Crippen molar-refractivity contribution in [1.82, 2.24) is 15.2 Å². The Bertz CT molecular complexity index is 774. The van der Waals surface area contributed by atoms with Crippen LogP contribution in [0.4, 0.5) is 0 Å². The Balaban J connectivity index is 1.38. The molecule has 142 valence electrons. The first-order valence-electron chi connectivity index (χ1n) is 9.32. The molecule has 1 saturated heterocycles. The number of halogens is 1. The minimum atomic E-state index is -0.0874. The van der Waals surface area contributed by atoms with Crippen LogP contribution in [0.1, 0.15) is 35.2 Å². The smallest absolute Gasteiger partial charge is 0.252 e. The van der Waals surface area contributed by atoms with E-state index in [2.05, 4.69) is 38.4 Å². The summed E-state index contributed by atoms with van der Waals surface area (Å²) >= 11 is 3.46. The molecule has 2 amide bonds. The number of pyridine rings is 1. The third-order valence-corrected chi connectivity index (χ3v) is 5.45. The van der Waals surface area contributed by atoms with Gasteiger partial charge in [-0.1, -0.05) is 28.1 Å². The van der Waals surface area contributed by atoms with E-state index in [1.165, 1.54) is 5.56 Å². The van der Waals surface area contributed by atoms with Crippen molar-refractivity contribution in [3.05, 3.63) is 64.4 Å². The maximum atomic E-state index is 12.5. The molecule has 3 rings (SSSR count). The highest BCUT2D eigenvalue weighted by Gasteiger charge is 2.23. The zero-order valence-electron chi connectivity index (χ0n) is 15.2. The fourth-order valence-corrected chi connectivity index (χ4v) is 3.77. The molecule has 0 bridgehead atoms. The largest absolute Gasteiger partial charge is 0.352 e. The highest BCUT2D eigenvalue weighted by Crippen LogP contribution is 2.18. The van der Waals surface area contributed by atoms with Crippen LogP contribution in [0.5, 0.6) is 0 Å². The first kappa shape index (κ1) is 19.5. The lowest BCUT2D eigenvalue weighted by Gasteiger charge is -2.32. The van der Waals surface area contributed by atoms with Crippen LogP contribution in [0.25, 0.3) is 0 Å². The minimum absolute atomic E-state index is 0.0874. The molecule has 0 saturated carbocycles. The van der Waals surface area contributed by atoms with Gasteiger partial charge in [-0.3, -0.25) is 14.6 Å². The molecule has 1 fully saturated rings. The number of carbonyl (C=O) groups excluding carboxylic acids is 2. The molecule has 1 N–H and O–H groups in total. The van der Waals surface area contributed by atoms with Gasteiger partial charge in [0.15, 0.2) is 0 Å². The van der Waals surface area contributed by atoms with Crippen molar-refractivity contribution >= 4 is 27.7 Å². The third kappa shape index (κ3) is 5.89. The summed E-state index contributed by atoms with van der Waals surface area (Å²) in [4.78, 5) is 30.5. The van der Waals surface area contributed by atoms with Gasteiger partial charge in [-0.15, -0.1) is 0 Å². The number of nitrogens with zero attached hydrogens (tertiary/aromatic N) is 2. The first-order chi connectivity index (χ1) is 13.1. The van der Waals surface area contributed by atoms with Crippen molar-refractivity contribution in [2.45, 2.75) is 25.7 Å². The molecule has 1 aliphatic heterocycles. The molecule has 2 aromatic rings. The fraction of sp³-hybridized carbons (Fsp3) is 0.381. The summed E-state index contributed by atoms with van der Waals surface area (Å²) in [6.45, 7) is 2.18. The average molecular weight is 430 g/mol.